The highest BCUT2D eigenvalue weighted by Crippen LogP contribution is 2.41. The van der Waals surface area contributed by atoms with Crippen molar-refractivity contribution in [2.24, 2.45) is 10.9 Å². The smallest absolute Gasteiger partial charge is 0.157 e. The molecule has 1 aliphatic carbocycles. The van der Waals surface area contributed by atoms with E-state index in [9.17, 15) is 8.42 Å². The molecule has 1 unspecified atom stereocenters. The summed E-state index contributed by atoms with van der Waals surface area (Å²) < 4.78 is 22.6. The highest BCUT2D eigenvalue weighted by molar-refractivity contribution is 8.14. The van der Waals surface area contributed by atoms with E-state index < -0.39 is 9.84 Å². The molecule has 2 aliphatic heterocycles. The summed E-state index contributed by atoms with van der Waals surface area (Å²) in [5, 5.41) is 5.15. The maximum absolute atomic E-state index is 11.3. The molecule has 0 aromatic carbocycles. The molecule has 0 spiro atoms. The minimum atomic E-state index is -2.75. The van der Waals surface area contributed by atoms with Crippen LogP contribution in [0, 0.1) is 5.92 Å². The van der Waals surface area contributed by atoms with Crippen LogP contribution in [0.25, 0.3) is 0 Å². The predicted octanol–water partition coefficient (Wildman–Crippen LogP) is 1.03. The zero-order valence-electron chi connectivity index (χ0n) is 9.76. The van der Waals surface area contributed by atoms with Crippen molar-refractivity contribution in [1.82, 2.24) is 5.32 Å². The van der Waals surface area contributed by atoms with Gasteiger partial charge in [-0.25, -0.2) is 8.42 Å². The van der Waals surface area contributed by atoms with Crippen LogP contribution in [0.2, 0.25) is 0 Å². The monoisotopic (exact) mass is 274 g/mol. The minimum Gasteiger partial charge on any atom is -0.362 e. The Kier molecular flexibility index (Phi) is 3.11. The molecule has 17 heavy (non-hydrogen) atoms. The van der Waals surface area contributed by atoms with Crippen LogP contribution in [0.1, 0.15) is 25.7 Å². The van der Waals surface area contributed by atoms with Gasteiger partial charge in [0.2, 0.25) is 0 Å². The summed E-state index contributed by atoms with van der Waals surface area (Å²) in [6.07, 6.45) is 4.19. The van der Waals surface area contributed by atoms with Gasteiger partial charge in [0, 0.05) is 11.3 Å². The molecule has 6 heteroatoms. The Morgan fingerprint density at radius 1 is 1.18 bits per heavy atom. The van der Waals surface area contributed by atoms with E-state index in [-0.39, 0.29) is 0 Å². The first kappa shape index (κ1) is 11.8. The second kappa shape index (κ2) is 4.46. The minimum absolute atomic E-state index is 0.308. The van der Waals surface area contributed by atoms with Crippen molar-refractivity contribution in [3.8, 4) is 0 Å². The van der Waals surface area contributed by atoms with Crippen LogP contribution >= 0.6 is 11.8 Å². The van der Waals surface area contributed by atoms with Crippen LogP contribution in [-0.4, -0.2) is 42.9 Å². The molecule has 3 aliphatic rings. The fraction of sp³-hybridized carbons (Fsp3) is 0.909. The van der Waals surface area contributed by atoms with Gasteiger partial charge in [-0.15, -0.1) is 0 Å². The van der Waals surface area contributed by atoms with Crippen molar-refractivity contribution in [3.63, 3.8) is 0 Å². The third-order valence-corrected chi connectivity index (χ3v) is 6.73. The Morgan fingerprint density at radius 2 is 1.88 bits per heavy atom. The van der Waals surface area contributed by atoms with Crippen LogP contribution in [0.5, 0.6) is 0 Å². The zero-order valence-corrected chi connectivity index (χ0v) is 11.4. The van der Waals surface area contributed by atoms with Crippen LogP contribution in [0.3, 0.4) is 0 Å². The third-order valence-electron chi connectivity index (χ3n) is 3.71. The maximum Gasteiger partial charge on any atom is 0.157 e. The zero-order chi connectivity index (χ0) is 11.9. The standard InChI is InChI=1S/C11H18N2O2S2/c14-17(15)5-3-9(4-6-17)13-11-12-7-10(16-11)8-1-2-8/h8-10H,1-7H2,(H,12,13). The summed E-state index contributed by atoms with van der Waals surface area (Å²) in [6.45, 7) is 0.947. The number of thioether (sulfide) groups is 1. The summed E-state index contributed by atoms with van der Waals surface area (Å²) >= 11 is 1.86. The number of nitrogens with zero attached hydrogens (tertiary/aromatic N) is 1. The Hall–Kier alpha value is -0.230. The van der Waals surface area contributed by atoms with Crippen molar-refractivity contribution in [2.45, 2.75) is 37.0 Å². The fourth-order valence-corrected chi connectivity index (χ4v) is 5.17. The van der Waals surface area contributed by atoms with E-state index >= 15 is 0 Å². The van der Waals surface area contributed by atoms with Crippen molar-refractivity contribution >= 4 is 26.8 Å². The van der Waals surface area contributed by atoms with E-state index in [4.69, 9.17) is 0 Å². The number of hydrogen-bond acceptors (Lipinski definition) is 5. The second-order valence-corrected chi connectivity index (χ2v) is 8.74. The van der Waals surface area contributed by atoms with Crippen LogP contribution in [0.15, 0.2) is 4.99 Å². The van der Waals surface area contributed by atoms with Crippen LogP contribution < -0.4 is 5.32 Å². The Bertz CT molecular complexity index is 415. The normalized spacial score (nSPS) is 33.4. The van der Waals surface area contributed by atoms with Gasteiger partial charge in [0.05, 0.1) is 18.1 Å². The predicted molar refractivity (Wildman–Crippen MR) is 71.2 cm³/mol. The van der Waals surface area contributed by atoms with Crippen LogP contribution in [-0.2, 0) is 9.84 Å². The Labute approximate surface area is 107 Å². The number of aliphatic imine (C=N–C) groups is 1. The second-order valence-electron chi connectivity index (χ2n) is 5.21. The van der Waals surface area contributed by atoms with Gasteiger partial charge in [-0.05, 0) is 31.6 Å². The van der Waals surface area contributed by atoms with Gasteiger partial charge in [-0.3, -0.25) is 4.99 Å². The SMILES string of the molecule is O=S1(=O)CCC(NC2=NCC(C3CC3)S2)CC1. The lowest BCUT2D eigenvalue weighted by atomic mass is 10.2. The first-order valence-electron chi connectivity index (χ1n) is 6.30. The van der Waals surface area contributed by atoms with Crippen molar-refractivity contribution < 1.29 is 8.42 Å². The number of rotatable bonds is 2. The van der Waals surface area contributed by atoms with Gasteiger partial charge < -0.3 is 5.32 Å². The van der Waals surface area contributed by atoms with Gasteiger partial charge in [-0.1, -0.05) is 11.8 Å². The molecule has 0 amide bonds. The molecule has 0 aromatic rings. The summed E-state index contributed by atoms with van der Waals surface area (Å²) in [6, 6.07) is 0.308. The van der Waals surface area contributed by atoms with Gasteiger partial charge >= 0.3 is 0 Å². The van der Waals surface area contributed by atoms with E-state index in [1.807, 2.05) is 11.8 Å². The molecular formula is C11H18N2O2S2. The van der Waals surface area contributed by atoms with Gasteiger partial charge in [0.15, 0.2) is 5.17 Å². The summed E-state index contributed by atoms with van der Waals surface area (Å²) in [7, 11) is -2.75. The van der Waals surface area contributed by atoms with E-state index in [1.54, 1.807) is 0 Å². The first-order chi connectivity index (χ1) is 8.12. The van der Waals surface area contributed by atoms with E-state index in [0.29, 0.717) is 22.8 Å². The van der Waals surface area contributed by atoms with Crippen molar-refractivity contribution in [1.29, 1.82) is 0 Å². The average Bonchev–Trinajstić information content (AvgIpc) is 3.03. The highest BCUT2D eigenvalue weighted by Gasteiger charge is 2.36. The highest BCUT2D eigenvalue weighted by atomic mass is 32.2. The summed E-state index contributed by atoms with van der Waals surface area (Å²) in [4.78, 5) is 4.53. The Morgan fingerprint density at radius 3 is 2.53 bits per heavy atom. The van der Waals surface area contributed by atoms with Gasteiger partial charge in [-0.2, -0.15) is 0 Å². The number of amidine groups is 1. The average molecular weight is 274 g/mol. The van der Waals surface area contributed by atoms with Gasteiger partial charge in [0.1, 0.15) is 9.84 Å². The third kappa shape index (κ3) is 2.96. The molecule has 0 bridgehead atoms. The number of sulfone groups is 1. The lowest BCUT2D eigenvalue weighted by Crippen LogP contribution is -2.39. The molecular weight excluding hydrogens is 256 g/mol. The van der Waals surface area contributed by atoms with Crippen molar-refractivity contribution in [3.05, 3.63) is 0 Å². The molecule has 2 fully saturated rings. The lowest BCUT2D eigenvalue weighted by molar-refractivity contribution is 0.522. The molecule has 4 nitrogen and oxygen atoms in total. The molecule has 0 radical (unpaired) electrons. The lowest BCUT2D eigenvalue weighted by Gasteiger charge is -2.23. The molecule has 1 saturated carbocycles. The summed E-state index contributed by atoms with van der Waals surface area (Å²) in [5.74, 6) is 1.54. The molecule has 1 N–H and O–H groups in total. The maximum atomic E-state index is 11.3. The fourth-order valence-electron chi connectivity index (χ4n) is 2.39. The largest absolute Gasteiger partial charge is 0.362 e. The van der Waals surface area contributed by atoms with Gasteiger partial charge in [0.25, 0.3) is 0 Å². The number of hydrogen-bond donors (Lipinski definition) is 1. The van der Waals surface area contributed by atoms with Crippen molar-refractivity contribution in [2.75, 3.05) is 18.1 Å². The summed E-state index contributed by atoms with van der Waals surface area (Å²) in [5.41, 5.74) is 0. The molecule has 3 rings (SSSR count). The Balaban J connectivity index is 1.48. The molecule has 1 saturated heterocycles. The molecule has 2 heterocycles. The molecule has 96 valence electrons. The van der Waals surface area contributed by atoms with E-state index in [0.717, 1.165) is 30.5 Å². The quantitative estimate of drug-likeness (QED) is 0.817. The molecule has 0 aromatic heterocycles. The number of nitrogens with one attached hydrogen (secondary N) is 1. The molecule has 1 atom stereocenters. The van der Waals surface area contributed by atoms with Crippen LogP contribution in [0.4, 0.5) is 0 Å². The topological polar surface area (TPSA) is 58.5 Å². The van der Waals surface area contributed by atoms with E-state index in [2.05, 4.69) is 10.3 Å². The first-order valence-corrected chi connectivity index (χ1v) is 9.00. The van der Waals surface area contributed by atoms with E-state index in [1.165, 1.54) is 12.8 Å².